The highest BCUT2D eigenvalue weighted by Crippen LogP contribution is 2.26. The van der Waals surface area contributed by atoms with E-state index in [4.69, 9.17) is 14.6 Å². The maximum atomic E-state index is 11.8. The number of ether oxygens (including phenoxy) is 2. The summed E-state index contributed by atoms with van der Waals surface area (Å²) in [4.78, 5) is 23.2. The molecule has 0 unspecified atom stereocenters. The predicted molar refractivity (Wildman–Crippen MR) is 91.7 cm³/mol. The maximum Gasteiger partial charge on any atom is 0.338 e. The summed E-state index contributed by atoms with van der Waals surface area (Å²) in [6.45, 7) is 2.01. The van der Waals surface area contributed by atoms with Gasteiger partial charge < -0.3 is 14.6 Å². The monoisotopic (exact) mass is 346 g/mol. The number of esters is 1. The van der Waals surface area contributed by atoms with E-state index in [2.05, 4.69) is 0 Å². The van der Waals surface area contributed by atoms with E-state index in [1.807, 2.05) is 24.3 Å². The summed E-state index contributed by atoms with van der Waals surface area (Å²) in [7, 11) is 0. The van der Waals surface area contributed by atoms with Gasteiger partial charge in [-0.3, -0.25) is 4.79 Å². The van der Waals surface area contributed by atoms with Gasteiger partial charge in [-0.25, -0.2) is 4.79 Å². The summed E-state index contributed by atoms with van der Waals surface area (Å²) in [6.07, 6.45) is -0.413. The Kier molecular flexibility index (Phi) is 9.43. The molecule has 0 saturated carbocycles. The molecule has 0 aliphatic carbocycles. The van der Waals surface area contributed by atoms with Crippen molar-refractivity contribution in [3.63, 3.8) is 0 Å². The van der Waals surface area contributed by atoms with E-state index in [1.54, 1.807) is 6.92 Å². The molecule has 22 heavy (non-hydrogen) atoms. The van der Waals surface area contributed by atoms with Crippen LogP contribution in [0.25, 0.3) is 0 Å². The van der Waals surface area contributed by atoms with Crippen LogP contribution >= 0.6 is 27.0 Å². The first-order valence-corrected chi connectivity index (χ1v) is 6.69. The van der Waals surface area contributed by atoms with E-state index in [0.717, 1.165) is 11.1 Å². The number of aliphatic hydroxyl groups excluding tert-OH is 1. The van der Waals surface area contributed by atoms with Crippen LogP contribution in [0.2, 0.25) is 0 Å². The average molecular weight is 346 g/mol. The van der Waals surface area contributed by atoms with E-state index in [0.29, 0.717) is 12.8 Å². The Bertz CT molecular complexity index is 489. The van der Waals surface area contributed by atoms with E-state index in [9.17, 15) is 9.59 Å². The molecule has 1 aliphatic heterocycles. The molecule has 2 atom stereocenters. The van der Waals surface area contributed by atoms with Gasteiger partial charge in [-0.15, -0.1) is 0 Å². The van der Waals surface area contributed by atoms with Crippen molar-refractivity contribution in [2.45, 2.75) is 38.6 Å². The molecule has 0 radical (unpaired) electrons. The molecule has 0 aromatic heterocycles. The Morgan fingerprint density at radius 2 is 1.73 bits per heavy atom. The van der Waals surface area contributed by atoms with Crippen LogP contribution in [-0.4, -0.2) is 35.7 Å². The number of ketones is 1. The largest absolute Gasteiger partial charge is 0.464 e. The number of aryl methyl sites for hydroxylation is 1. The highest BCUT2D eigenvalue weighted by Gasteiger charge is 2.50. The second-order valence-electron chi connectivity index (χ2n) is 4.67. The predicted octanol–water partition coefficient (Wildman–Crippen LogP) is 1.24. The topological polar surface area (TPSA) is 76.1 Å². The van der Waals surface area contributed by atoms with Crippen LogP contribution < -0.4 is 0 Å². The summed E-state index contributed by atoms with van der Waals surface area (Å²) in [5.74, 6) is -0.535. The normalized spacial score (nSPS) is 18.6. The van der Waals surface area contributed by atoms with Crippen molar-refractivity contribution >= 4 is 38.7 Å². The van der Waals surface area contributed by atoms with Gasteiger partial charge in [0.2, 0.25) is 0 Å². The maximum absolute atomic E-state index is 11.8. The molecular weight excluding hydrogens is 324 g/mol. The molecule has 5 nitrogen and oxygen atoms in total. The summed E-state index contributed by atoms with van der Waals surface area (Å²) in [6, 6.07) is 7.43. The second kappa shape index (κ2) is 9.89. The van der Waals surface area contributed by atoms with Crippen LogP contribution in [0.3, 0.4) is 0 Å². The number of aliphatic hydroxyl groups is 1. The zero-order chi connectivity index (χ0) is 14.5. The number of hydrogen-bond acceptors (Lipinski definition) is 5. The number of carbonyl (C=O) groups excluding carboxylic acids is 2. The number of Topliss-reactive ketones (excluding diaryl/α,β-unsaturated/α-hetero) is 1. The van der Waals surface area contributed by atoms with Gasteiger partial charge in [0.15, 0.2) is 18.0 Å². The first-order chi connectivity index (χ1) is 9.65. The molecule has 124 valence electrons. The molecule has 1 fully saturated rings. The van der Waals surface area contributed by atoms with Crippen LogP contribution in [0.5, 0.6) is 0 Å². The van der Waals surface area contributed by atoms with Crippen molar-refractivity contribution in [1.82, 2.24) is 0 Å². The van der Waals surface area contributed by atoms with E-state index >= 15 is 0 Å². The molecule has 1 heterocycles. The smallest absolute Gasteiger partial charge is 0.338 e. The molecule has 0 spiro atoms. The second-order valence-corrected chi connectivity index (χ2v) is 4.67. The summed E-state index contributed by atoms with van der Waals surface area (Å²) >= 11 is 0. The molecular formula is C15H22O5S2. The number of epoxide rings is 1. The number of benzene rings is 1. The van der Waals surface area contributed by atoms with E-state index in [1.165, 1.54) is 0 Å². The zero-order valence-electron chi connectivity index (χ0n) is 12.4. The van der Waals surface area contributed by atoms with Gasteiger partial charge in [-0.2, -0.15) is 27.0 Å². The Hall–Kier alpha value is -1.02. The van der Waals surface area contributed by atoms with Gasteiger partial charge >= 0.3 is 5.97 Å². The lowest BCUT2D eigenvalue weighted by molar-refractivity contribution is -0.144. The first-order valence-electron chi connectivity index (χ1n) is 6.69. The minimum absolute atomic E-state index is 0. The highest BCUT2D eigenvalue weighted by molar-refractivity contribution is 7.59. The van der Waals surface area contributed by atoms with Crippen LogP contribution in [0.1, 0.15) is 24.5 Å². The lowest BCUT2D eigenvalue weighted by atomic mass is 10.0. The van der Waals surface area contributed by atoms with Crippen LogP contribution in [-0.2, 0) is 32.1 Å². The van der Waals surface area contributed by atoms with E-state index in [-0.39, 0.29) is 46.0 Å². The molecule has 1 aromatic rings. The standard InChI is InChI=1S/C15H18O5.2H2S/c1-2-19-15(18)14-13(20-14)12(17)8-7-10-3-5-11(9-16)6-4-10;;/h3-6,13-14,16H,2,7-9H2,1H3;2*1H2/t13-,14+;;/m1../s1. The van der Waals surface area contributed by atoms with Crippen LogP contribution in [0, 0.1) is 0 Å². The average Bonchev–Trinajstić information content (AvgIpc) is 3.26. The van der Waals surface area contributed by atoms with Crippen molar-refractivity contribution in [3.8, 4) is 0 Å². The molecule has 0 amide bonds. The van der Waals surface area contributed by atoms with Crippen molar-refractivity contribution in [3.05, 3.63) is 35.4 Å². The fraction of sp³-hybridized carbons (Fsp3) is 0.467. The third-order valence-electron chi connectivity index (χ3n) is 3.19. The van der Waals surface area contributed by atoms with Crippen molar-refractivity contribution in [2.24, 2.45) is 0 Å². The SMILES string of the molecule is CCOC(=O)[C@H]1O[C@@H]1C(=O)CCc1ccc(CO)cc1.S.S. The van der Waals surface area contributed by atoms with Gasteiger partial charge in [0.1, 0.15) is 0 Å². The number of carbonyl (C=O) groups is 2. The number of hydrogen-bond donors (Lipinski definition) is 1. The first kappa shape index (κ1) is 21.0. The summed E-state index contributed by atoms with van der Waals surface area (Å²) in [5.41, 5.74) is 1.86. The highest BCUT2D eigenvalue weighted by atomic mass is 32.1. The summed E-state index contributed by atoms with van der Waals surface area (Å²) < 4.78 is 9.86. The minimum Gasteiger partial charge on any atom is -0.464 e. The lowest BCUT2D eigenvalue weighted by Gasteiger charge is -2.01. The molecule has 1 aromatic carbocycles. The Balaban J connectivity index is 0.00000220. The van der Waals surface area contributed by atoms with Gasteiger partial charge in [-0.1, -0.05) is 24.3 Å². The molecule has 1 aliphatic rings. The minimum atomic E-state index is -0.709. The molecule has 7 heteroatoms. The molecule has 1 N–H and O–H groups in total. The van der Waals surface area contributed by atoms with Gasteiger partial charge in [0, 0.05) is 6.42 Å². The van der Waals surface area contributed by atoms with Gasteiger partial charge in [0.05, 0.1) is 13.2 Å². The van der Waals surface area contributed by atoms with E-state index < -0.39 is 18.2 Å². The van der Waals surface area contributed by atoms with Crippen molar-refractivity contribution in [1.29, 1.82) is 0 Å². The molecule has 1 saturated heterocycles. The van der Waals surface area contributed by atoms with Crippen LogP contribution in [0.15, 0.2) is 24.3 Å². The van der Waals surface area contributed by atoms with Crippen LogP contribution in [0.4, 0.5) is 0 Å². The van der Waals surface area contributed by atoms with Crippen molar-refractivity contribution < 1.29 is 24.2 Å². The fourth-order valence-corrected chi connectivity index (χ4v) is 1.98. The summed E-state index contributed by atoms with van der Waals surface area (Å²) in [5, 5.41) is 8.94. The Morgan fingerprint density at radius 1 is 1.14 bits per heavy atom. The molecule has 2 rings (SSSR count). The Morgan fingerprint density at radius 3 is 2.27 bits per heavy atom. The fourth-order valence-electron chi connectivity index (χ4n) is 1.98. The third-order valence-corrected chi connectivity index (χ3v) is 3.19. The quantitative estimate of drug-likeness (QED) is 0.594. The number of rotatable bonds is 7. The van der Waals surface area contributed by atoms with Gasteiger partial charge in [-0.05, 0) is 24.5 Å². The Labute approximate surface area is 143 Å². The molecule has 0 bridgehead atoms. The lowest BCUT2D eigenvalue weighted by Crippen LogP contribution is -2.18. The zero-order valence-corrected chi connectivity index (χ0v) is 14.4. The van der Waals surface area contributed by atoms with Crippen molar-refractivity contribution in [2.75, 3.05) is 6.61 Å². The third kappa shape index (κ3) is 5.64. The van der Waals surface area contributed by atoms with Gasteiger partial charge in [0.25, 0.3) is 0 Å².